The molecule has 21 heavy (non-hydrogen) atoms. The summed E-state index contributed by atoms with van der Waals surface area (Å²) in [5.74, 6) is 1.34. The van der Waals surface area contributed by atoms with E-state index in [1.807, 2.05) is 16.8 Å². The van der Waals surface area contributed by atoms with Crippen molar-refractivity contribution in [3.05, 3.63) is 23.2 Å². The minimum atomic E-state index is 0.543. The average molecular weight is 308 g/mol. The first-order valence-corrected chi connectivity index (χ1v) is 7.85. The molecule has 0 saturated heterocycles. The van der Waals surface area contributed by atoms with Gasteiger partial charge in [0.25, 0.3) is 0 Å². The predicted molar refractivity (Wildman–Crippen MR) is 86.0 cm³/mol. The summed E-state index contributed by atoms with van der Waals surface area (Å²) in [6.45, 7) is 5.26. The smallest absolute Gasteiger partial charge is 0.182 e. The molecule has 5 nitrogen and oxygen atoms in total. The zero-order chi connectivity index (χ0) is 15.2. The number of halogens is 1. The average Bonchev–Trinajstić information content (AvgIpc) is 2.94. The first-order chi connectivity index (χ1) is 10.2. The third-order valence-corrected chi connectivity index (χ3v) is 4.10. The first-order valence-electron chi connectivity index (χ1n) is 7.47. The Balaban J connectivity index is 2.19. The molecule has 0 aliphatic rings. The molecule has 0 fully saturated rings. The number of benzene rings is 1. The summed E-state index contributed by atoms with van der Waals surface area (Å²) in [7, 11) is 0. The molecule has 114 valence electrons. The number of aromatic nitrogens is 4. The lowest BCUT2D eigenvalue weighted by atomic mass is 9.99. The van der Waals surface area contributed by atoms with Crippen LogP contribution in [0, 0.1) is 5.92 Å². The second kappa shape index (κ2) is 7.41. The van der Waals surface area contributed by atoms with Crippen molar-refractivity contribution < 1.29 is 0 Å². The van der Waals surface area contributed by atoms with Gasteiger partial charge in [0, 0.05) is 12.1 Å². The Morgan fingerprint density at radius 1 is 1.33 bits per heavy atom. The molecule has 0 saturated carbocycles. The highest BCUT2D eigenvalue weighted by atomic mass is 35.5. The third-order valence-electron chi connectivity index (χ3n) is 3.76. The molecule has 2 rings (SSSR count). The van der Waals surface area contributed by atoms with Crippen LogP contribution in [0.2, 0.25) is 5.02 Å². The van der Waals surface area contributed by atoms with E-state index in [1.54, 1.807) is 6.07 Å². The van der Waals surface area contributed by atoms with Gasteiger partial charge in [-0.25, -0.2) is 4.68 Å². The lowest BCUT2D eigenvalue weighted by Gasteiger charge is -2.15. The number of rotatable bonds is 7. The standard InChI is InChI=1S/C15H22ClN5/c1-3-5-6-11(4-2)10-21-15(18-19-20-21)12-7-8-13(16)14(17)9-12/h7-9,11H,3-6,10,17H2,1-2H3. The second-order valence-corrected chi connectivity index (χ2v) is 5.74. The van der Waals surface area contributed by atoms with Crippen LogP contribution in [0.5, 0.6) is 0 Å². The SMILES string of the molecule is CCCCC(CC)Cn1nnnc1-c1ccc(Cl)c(N)c1. The Labute approximate surface area is 130 Å². The van der Waals surface area contributed by atoms with Crippen LogP contribution < -0.4 is 5.73 Å². The highest BCUT2D eigenvalue weighted by Gasteiger charge is 2.14. The van der Waals surface area contributed by atoms with Gasteiger partial charge < -0.3 is 5.73 Å². The van der Waals surface area contributed by atoms with E-state index < -0.39 is 0 Å². The summed E-state index contributed by atoms with van der Waals surface area (Å²) in [5, 5.41) is 12.6. The lowest BCUT2D eigenvalue weighted by Crippen LogP contribution is -2.13. The summed E-state index contributed by atoms with van der Waals surface area (Å²) < 4.78 is 1.87. The van der Waals surface area contributed by atoms with Crippen molar-refractivity contribution in [1.82, 2.24) is 20.2 Å². The number of anilines is 1. The van der Waals surface area contributed by atoms with Crippen molar-refractivity contribution in [2.45, 2.75) is 46.1 Å². The van der Waals surface area contributed by atoms with Crippen LogP contribution in [-0.2, 0) is 6.54 Å². The van der Waals surface area contributed by atoms with Gasteiger partial charge >= 0.3 is 0 Å². The zero-order valence-electron chi connectivity index (χ0n) is 12.6. The highest BCUT2D eigenvalue weighted by Crippen LogP contribution is 2.26. The molecule has 2 N–H and O–H groups in total. The van der Waals surface area contributed by atoms with Crippen molar-refractivity contribution in [3.8, 4) is 11.4 Å². The fourth-order valence-electron chi connectivity index (χ4n) is 2.38. The fourth-order valence-corrected chi connectivity index (χ4v) is 2.50. The molecule has 0 aliphatic heterocycles. The molecule has 1 unspecified atom stereocenters. The Hall–Kier alpha value is -1.62. The van der Waals surface area contributed by atoms with Crippen LogP contribution in [0.4, 0.5) is 5.69 Å². The second-order valence-electron chi connectivity index (χ2n) is 5.34. The topological polar surface area (TPSA) is 69.6 Å². The molecule has 0 bridgehead atoms. The van der Waals surface area contributed by atoms with Gasteiger partial charge in [0.2, 0.25) is 0 Å². The van der Waals surface area contributed by atoms with Crippen LogP contribution in [0.1, 0.15) is 39.5 Å². The maximum Gasteiger partial charge on any atom is 0.182 e. The summed E-state index contributed by atoms with van der Waals surface area (Å²) in [6.07, 6.45) is 4.79. The lowest BCUT2D eigenvalue weighted by molar-refractivity contribution is 0.370. The maximum atomic E-state index is 5.96. The van der Waals surface area contributed by atoms with Crippen molar-refractivity contribution in [1.29, 1.82) is 0 Å². The summed E-state index contributed by atoms with van der Waals surface area (Å²) in [6, 6.07) is 5.49. The summed E-state index contributed by atoms with van der Waals surface area (Å²) in [5.41, 5.74) is 7.30. The maximum absolute atomic E-state index is 5.96. The van der Waals surface area contributed by atoms with Gasteiger partial charge in [0.15, 0.2) is 5.82 Å². The molecular weight excluding hydrogens is 286 g/mol. The molecule has 1 aromatic carbocycles. The van der Waals surface area contributed by atoms with E-state index in [2.05, 4.69) is 29.4 Å². The van der Waals surface area contributed by atoms with E-state index >= 15 is 0 Å². The van der Waals surface area contributed by atoms with Crippen LogP contribution in [-0.4, -0.2) is 20.2 Å². The van der Waals surface area contributed by atoms with Crippen LogP contribution in [0.15, 0.2) is 18.2 Å². The van der Waals surface area contributed by atoms with Gasteiger partial charge in [0.1, 0.15) is 0 Å². The largest absolute Gasteiger partial charge is 0.398 e. The van der Waals surface area contributed by atoms with E-state index in [4.69, 9.17) is 17.3 Å². The molecule has 0 aliphatic carbocycles. The normalized spacial score (nSPS) is 12.5. The van der Waals surface area contributed by atoms with Gasteiger partial charge in [-0.2, -0.15) is 0 Å². The Morgan fingerprint density at radius 3 is 2.81 bits per heavy atom. The van der Waals surface area contributed by atoms with Gasteiger partial charge in [-0.05, 0) is 41.0 Å². The van der Waals surface area contributed by atoms with E-state index in [-0.39, 0.29) is 0 Å². The summed E-state index contributed by atoms with van der Waals surface area (Å²) >= 11 is 5.96. The number of nitrogen functional groups attached to an aromatic ring is 1. The Kier molecular flexibility index (Phi) is 5.56. The minimum Gasteiger partial charge on any atom is -0.398 e. The summed E-state index contributed by atoms with van der Waals surface area (Å²) in [4.78, 5) is 0. The quantitative estimate of drug-likeness (QED) is 0.790. The Morgan fingerprint density at radius 2 is 2.14 bits per heavy atom. The molecule has 1 aromatic heterocycles. The molecule has 1 heterocycles. The molecule has 6 heteroatoms. The van der Waals surface area contributed by atoms with Crippen LogP contribution in [0.25, 0.3) is 11.4 Å². The number of hydrogen-bond acceptors (Lipinski definition) is 4. The van der Waals surface area contributed by atoms with E-state index in [0.29, 0.717) is 16.6 Å². The van der Waals surface area contributed by atoms with Crippen molar-refractivity contribution >= 4 is 17.3 Å². The van der Waals surface area contributed by atoms with E-state index in [0.717, 1.165) is 24.4 Å². The molecule has 0 amide bonds. The van der Waals surface area contributed by atoms with Gasteiger partial charge in [-0.3, -0.25) is 0 Å². The van der Waals surface area contributed by atoms with Gasteiger partial charge in [0.05, 0.1) is 10.7 Å². The van der Waals surface area contributed by atoms with Crippen molar-refractivity contribution in [2.75, 3.05) is 5.73 Å². The monoisotopic (exact) mass is 307 g/mol. The van der Waals surface area contributed by atoms with Crippen LogP contribution >= 0.6 is 11.6 Å². The van der Waals surface area contributed by atoms with Crippen molar-refractivity contribution in [2.24, 2.45) is 5.92 Å². The molecule has 0 spiro atoms. The molecular formula is C15H22ClN5. The van der Waals surface area contributed by atoms with E-state index in [1.165, 1.54) is 19.3 Å². The van der Waals surface area contributed by atoms with Crippen LogP contribution in [0.3, 0.4) is 0 Å². The number of tetrazole rings is 1. The minimum absolute atomic E-state index is 0.543. The van der Waals surface area contributed by atoms with Gasteiger partial charge in [-0.1, -0.05) is 44.7 Å². The fraction of sp³-hybridized carbons (Fsp3) is 0.533. The molecule has 0 radical (unpaired) electrons. The number of unbranched alkanes of at least 4 members (excludes halogenated alkanes) is 1. The van der Waals surface area contributed by atoms with Gasteiger partial charge in [-0.15, -0.1) is 5.10 Å². The molecule has 2 aromatic rings. The zero-order valence-corrected chi connectivity index (χ0v) is 13.3. The third kappa shape index (κ3) is 3.94. The molecule has 1 atom stereocenters. The highest BCUT2D eigenvalue weighted by molar-refractivity contribution is 6.33. The Bertz CT molecular complexity index is 581. The number of hydrogen-bond donors (Lipinski definition) is 1. The van der Waals surface area contributed by atoms with E-state index in [9.17, 15) is 0 Å². The van der Waals surface area contributed by atoms with Crippen molar-refractivity contribution in [3.63, 3.8) is 0 Å². The first kappa shape index (κ1) is 15.8. The predicted octanol–water partition coefficient (Wildman–Crippen LogP) is 3.79. The number of nitrogens with two attached hydrogens (primary N) is 1. The number of nitrogens with zero attached hydrogens (tertiary/aromatic N) is 4.